The summed E-state index contributed by atoms with van der Waals surface area (Å²) in [5.41, 5.74) is 5.31. The first-order chi connectivity index (χ1) is 3.66. The standard InChI is InChI=1S/C6H12N2.ClH/c1-5(2)3-6(8)4-7;/h5-6H,3,8H2,1-2H3;1H/t6-;/m0./s1. The first kappa shape index (κ1) is 11.5. The van der Waals surface area contributed by atoms with Crippen LogP contribution in [0.1, 0.15) is 20.3 Å². The fraction of sp³-hybridized carbons (Fsp3) is 0.833. The molecule has 0 aromatic rings. The summed E-state index contributed by atoms with van der Waals surface area (Å²) in [6, 6.07) is 1.71. The molecule has 0 heterocycles. The molecule has 0 rings (SSSR count). The Hall–Kier alpha value is -0.260. The molecule has 0 bridgehead atoms. The zero-order chi connectivity index (χ0) is 6.57. The molecule has 1 atom stereocenters. The highest BCUT2D eigenvalue weighted by molar-refractivity contribution is 5.85. The van der Waals surface area contributed by atoms with Crippen molar-refractivity contribution in [3.8, 4) is 6.07 Å². The van der Waals surface area contributed by atoms with Crippen LogP contribution < -0.4 is 5.73 Å². The Kier molecular flexibility index (Phi) is 7.52. The van der Waals surface area contributed by atoms with Gasteiger partial charge in [-0.1, -0.05) is 13.8 Å². The quantitative estimate of drug-likeness (QED) is 0.642. The molecule has 9 heavy (non-hydrogen) atoms. The van der Waals surface area contributed by atoms with Crippen molar-refractivity contribution >= 4 is 12.4 Å². The van der Waals surface area contributed by atoms with Crippen molar-refractivity contribution in [2.75, 3.05) is 0 Å². The molecule has 54 valence electrons. The van der Waals surface area contributed by atoms with E-state index in [-0.39, 0.29) is 18.4 Å². The molecule has 0 aliphatic rings. The lowest BCUT2D eigenvalue weighted by Gasteiger charge is -2.03. The number of nitriles is 1. The van der Waals surface area contributed by atoms with E-state index in [1.54, 1.807) is 0 Å². The third kappa shape index (κ3) is 7.74. The maximum atomic E-state index is 8.21. The molecule has 0 saturated carbocycles. The molecule has 0 spiro atoms. The predicted molar refractivity (Wildman–Crippen MR) is 40.3 cm³/mol. The maximum Gasteiger partial charge on any atom is 0.0930 e. The van der Waals surface area contributed by atoms with Gasteiger partial charge in [0.25, 0.3) is 0 Å². The predicted octanol–water partition coefficient (Wildman–Crippen LogP) is 1.31. The number of hydrogen-bond donors (Lipinski definition) is 1. The average Bonchev–Trinajstić information content (AvgIpc) is 1.65. The molecule has 0 aliphatic carbocycles. The Morgan fingerprint density at radius 2 is 2.00 bits per heavy atom. The zero-order valence-electron chi connectivity index (χ0n) is 5.79. The van der Waals surface area contributed by atoms with Gasteiger partial charge in [0.15, 0.2) is 0 Å². The van der Waals surface area contributed by atoms with Gasteiger partial charge in [-0.15, -0.1) is 12.4 Å². The van der Waals surface area contributed by atoms with Gasteiger partial charge in [-0.25, -0.2) is 0 Å². The highest BCUT2D eigenvalue weighted by Crippen LogP contribution is 2.00. The minimum Gasteiger partial charge on any atom is -0.316 e. The second kappa shape index (κ2) is 5.87. The van der Waals surface area contributed by atoms with Crippen LogP contribution in [0.2, 0.25) is 0 Å². The Morgan fingerprint density at radius 1 is 1.56 bits per heavy atom. The van der Waals surface area contributed by atoms with Crippen LogP contribution in [0.25, 0.3) is 0 Å². The summed E-state index contributed by atoms with van der Waals surface area (Å²) in [5.74, 6) is 0.532. The van der Waals surface area contributed by atoms with Gasteiger partial charge >= 0.3 is 0 Å². The van der Waals surface area contributed by atoms with Crippen LogP contribution in [0.15, 0.2) is 0 Å². The first-order valence-electron chi connectivity index (χ1n) is 2.82. The molecule has 3 heteroatoms. The zero-order valence-corrected chi connectivity index (χ0v) is 6.61. The van der Waals surface area contributed by atoms with Crippen molar-refractivity contribution in [1.29, 1.82) is 5.26 Å². The molecule has 0 fully saturated rings. The largest absolute Gasteiger partial charge is 0.316 e. The van der Waals surface area contributed by atoms with E-state index in [9.17, 15) is 0 Å². The summed E-state index contributed by atoms with van der Waals surface area (Å²) >= 11 is 0. The lowest BCUT2D eigenvalue weighted by molar-refractivity contribution is 0.551. The molecular formula is C6H13ClN2. The van der Waals surface area contributed by atoms with Crippen molar-refractivity contribution in [2.45, 2.75) is 26.3 Å². The Bertz CT molecular complexity index is 95.7. The molecular weight excluding hydrogens is 136 g/mol. The molecule has 0 aromatic heterocycles. The van der Waals surface area contributed by atoms with Crippen molar-refractivity contribution in [1.82, 2.24) is 0 Å². The summed E-state index contributed by atoms with van der Waals surface area (Å²) in [6.07, 6.45) is 0.802. The van der Waals surface area contributed by atoms with Crippen LogP contribution in [0, 0.1) is 17.2 Å². The van der Waals surface area contributed by atoms with Crippen LogP contribution in [0.3, 0.4) is 0 Å². The number of hydrogen-bond acceptors (Lipinski definition) is 2. The lowest BCUT2D eigenvalue weighted by Crippen LogP contribution is -2.19. The van der Waals surface area contributed by atoms with E-state index in [1.807, 2.05) is 6.07 Å². The van der Waals surface area contributed by atoms with E-state index < -0.39 is 0 Å². The molecule has 0 saturated heterocycles. The Morgan fingerprint density at radius 3 is 2.11 bits per heavy atom. The van der Waals surface area contributed by atoms with Crippen LogP contribution >= 0.6 is 12.4 Å². The summed E-state index contributed by atoms with van der Waals surface area (Å²) < 4.78 is 0. The van der Waals surface area contributed by atoms with Gasteiger partial charge in [-0.05, 0) is 12.3 Å². The van der Waals surface area contributed by atoms with Crippen molar-refractivity contribution in [2.24, 2.45) is 11.7 Å². The third-order valence-corrected chi connectivity index (χ3v) is 0.891. The second-order valence-corrected chi connectivity index (χ2v) is 2.37. The molecule has 2 nitrogen and oxygen atoms in total. The van der Waals surface area contributed by atoms with Crippen LogP contribution in [-0.4, -0.2) is 6.04 Å². The van der Waals surface area contributed by atoms with E-state index in [2.05, 4.69) is 13.8 Å². The normalized spacial score (nSPS) is 11.9. The highest BCUT2D eigenvalue weighted by atomic mass is 35.5. The van der Waals surface area contributed by atoms with E-state index in [4.69, 9.17) is 11.0 Å². The van der Waals surface area contributed by atoms with Gasteiger partial charge in [0.1, 0.15) is 0 Å². The highest BCUT2D eigenvalue weighted by Gasteiger charge is 2.01. The Balaban J connectivity index is 0. The molecule has 0 radical (unpaired) electrons. The number of halogens is 1. The van der Waals surface area contributed by atoms with E-state index >= 15 is 0 Å². The molecule has 0 amide bonds. The summed E-state index contributed by atoms with van der Waals surface area (Å²) in [6.45, 7) is 4.11. The molecule has 0 unspecified atom stereocenters. The molecule has 2 N–H and O–H groups in total. The fourth-order valence-corrected chi connectivity index (χ4v) is 0.561. The number of rotatable bonds is 2. The maximum absolute atomic E-state index is 8.21. The fourth-order valence-electron chi connectivity index (χ4n) is 0.561. The smallest absolute Gasteiger partial charge is 0.0930 e. The summed E-state index contributed by atoms with van der Waals surface area (Å²) in [4.78, 5) is 0. The summed E-state index contributed by atoms with van der Waals surface area (Å²) in [7, 11) is 0. The van der Waals surface area contributed by atoms with Crippen molar-refractivity contribution < 1.29 is 0 Å². The second-order valence-electron chi connectivity index (χ2n) is 2.37. The average molecular weight is 149 g/mol. The van der Waals surface area contributed by atoms with Gasteiger partial charge in [-0.3, -0.25) is 0 Å². The minimum atomic E-state index is -0.269. The minimum absolute atomic E-state index is 0. The SMILES string of the molecule is CC(C)C[C@H](N)C#N.Cl. The third-order valence-electron chi connectivity index (χ3n) is 0.891. The molecule has 0 aromatic carbocycles. The van der Waals surface area contributed by atoms with Gasteiger partial charge < -0.3 is 5.73 Å². The van der Waals surface area contributed by atoms with Crippen molar-refractivity contribution in [3.63, 3.8) is 0 Å². The van der Waals surface area contributed by atoms with E-state index in [1.165, 1.54) is 0 Å². The first-order valence-corrected chi connectivity index (χ1v) is 2.82. The number of nitrogens with two attached hydrogens (primary N) is 1. The number of nitrogens with zero attached hydrogens (tertiary/aromatic N) is 1. The van der Waals surface area contributed by atoms with Crippen molar-refractivity contribution in [3.05, 3.63) is 0 Å². The van der Waals surface area contributed by atoms with Gasteiger partial charge in [-0.2, -0.15) is 5.26 Å². The van der Waals surface area contributed by atoms with E-state index in [0.717, 1.165) is 6.42 Å². The summed E-state index contributed by atoms with van der Waals surface area (Å²) in [5, 5.41) is 8.21. The Labute approximate surface area is 62.4 Å². The van der Waals surface area contributed by atoms with Gasteiger partial charge in [0, 0.05) is 0 Å². The topological polar surface area (TPSA) is 49.8 Å². The lowest BCUT2D eigenvalue weighted by atomic mass is 10.1. The van der Waals surface area contributed by atoms with E-state index in [0.29, 0.717) is 5.92 Å². The monoisotopic (exact) mass is 148 g/mol. The van der Waals surface area contributed by atoms with Crippen LogP contribution in [0.4, 0.5) is 0 Å². The van der Waals surface area contributed by atoms with Crippen LogP contribution in [0.5, 0.6) is 0 Å². The van der Waals surface area contributed by atoms with Gasteiger partial charge in [0.05, 0.1) is 12.1 Å². The van der Waals surface area contributed by atoms with Crippen LogP contribution in [-0.2, 0) is 0 Å². The molecule has 0 aliphatic heterocycles. The van der Waals surface area contributed by atoms with Gasteiger partial charge in [0.2, 0.25) is 0 Å².